The van der Waals surface area contributed by atoms with Crippen molar-refractivity contribution in [3.63, 3.8) is 0 Å². The van der Waals surface area contributed by atoms with Crippen LogP contribution in [0.2, 0.25) is 0 Å². The molecule has 1 atom stereocenters. The van der Waals surface area contributed by atoms with E-state index in [4.69, 9.17) is 0 Å². The topological polar surface area (TPSA) is 64.0 Å². The molecule has 2 heterocycles. The van der Waals surface area contributed by atoms with E-state index in [0.717, 1.165) is 0 Å². The lowest BCUT2D eigenvalue weighted by Gasteiger charge is -2.13. The van der Waals surface area contributed by atoms with Crippen LogP contribution < -0.4 is 4.72 Å². The second-order valence-electron chi connectivity index (χ2n) is 6.08. The fourth-order valence-electron chi connectivity index (χ4n) is 2.79. The van der Waals surface area contributed by atoms with E-state index in [1.165, 1.54) is 12.3 Å². The van der Waals surface area contributed by atoms with Gasteiger partial charge in [-0.1, -0.05) is 6.07 Å². The van der Waals surface area contributed by atoms with Gasteiger partial charge >= 0.3 is 0 Å². The van der Waals surface area contributed by atoms with Gasteiger partial charge in [-0.3, -0.25) is 4.79 Å². The maximum atomic E-state index is 14.9. The predicted octanol–water partition coefficient (Wildman–Crippen LogP) is 2.92. The fraction of sp³-hybridized carbons (Fsp3) is 0.167. The molecule has 3 aromatic rings. The maximum Gasteiger partial charge on any atom is 0.198 e. The lowest BCUT2D eigenvalue weighted by atomic mass is 9.98. The van der Waals surface area contributed by atoms with Crippen molar-refractivity contribution in [2.75, 3.05) is 11.0 Å². The van der Waals surface area contributed by atoms with Crippen molar-refractivity contribution >= 4 is 38.1 Å². The summed E-state index contributed by atoms with van der Waals surface area (Å²) in [6, 6.07) is 6.59. The Balaban J connectivity index is 2.18. The van der Waals surface area contributed by atoms with Gasteiger partial charge in [0.1, 0.15) is 5.65 Å². The molecule has 7 heteroatoms. The molecule has 3 rings (SSSR count). The van der Waals surface area contributed by atoms with Crippen molar-refractivity contribution in [1.82, 2.24) is 9.55 Å². The molecule has 1 aromatic carbocycles. The van der Waals surface area contributed by atoms with Crippen molar-refractivity contribution in [3.8, 4) is 0 Å². The zero-order valence-corrected chi connectivity index (χ0v) is 15.0. The molecule has 2 aromatic heterocycles. The van der Waals surface area contributed by atoms with Gasteiger partial charge in [0.2, 0.25) is 0 Å². The molecule has 0 bridgehead atoms. The first-order valence-electron chi connectivity index (χ1n) is 7.53. The van der Waals surface area contributed by atoms with Crippen molar-refractivity contribution in [2.24, 2.45) is 7.05 Å². The van der Waals surface area contributed by atoms with E-state index >= 15 is 0 Å². The summed E-state index contributed by atoms with van der Waals surface area (Å²) in [6.07, 6.45) is 4.65. The van der Waals surface area contributed by atoms with E-state index in [-0.39, 0.29) is 11.3 Å². The Morgan fingerprint density at radius 2 is 2.08 bits per heavy atom. The van der Waals surface area contributed by atoms with E-state index in [0.29, 0.717) is 22.2 Å². The van der Waals surface area contributed by atoms with Gasteiger partial charge in [-0.25, -0.2) is 13.6 Å². The molecule has 130 valence electrons. The Morgan fingerprint density at radius 1 is 1.36 bits per heavy atom. The fourth-order valence-corrected chi connectivity index (χ4v) is 3.41. The molecular weight excluding hydrogens is 341 g/mol. The number of rotatable bonds is 4. The second-order valence-corrected chi connectivity index (χ2v) is 8.30. The number of aryl methyl sites for hydroxylation is 2. The average molecular weight is 359 g/mol. The summed E-state index contributed by atoms with van der Waals surface area (Å²) in [5, 5.41) is 0.656. The Labute approximate surface area is 145 Å². The number of halogens is 1. The van der Waals surface area contributed by atoms with Gasteiger partial charge in [-0.2, -0.15) is 0 Å². The summed E-state index contributed by atoms with van der Waals surface area (Å²) in [4.78, 5) is 17.3. The Kier molecular flexibility index (Phi) is 4.12. The van der Waals surface area contributed by atoms with Crippen molar-refractivity contribution in [1.29, 1.82) is 0 Å². The molecule has 1 unspecified atom stereocenters. The lowest BCUT2D eigenvalue weighted by molar-refractivity contribution is 0.103. The van der Waals surface area contributed by atoms with Gasteiger partial charge in [0.05, 0.1) is 11.3 Å². The van der Waals surface area contributed by atoms with Gasteiger partial charge in [0.25, 0.3) is 0 Å². The minimum Gasteiger partial charge on any atom is -0.335 e. The number of hydrogen-bond donors (Lipinski definition) is 1. The van der Waals surface area contributed by atoms with E-state index in [1.54, 1.807) is 49.1 Å². The highest BCUT2D eigenvalue weighted by Crippen LogP contribution is 2.28. The zero-order chi connectivity index (χ0) is 18.4. The molecule has 0 aliphatic rings. The minimum atomic E-state index is -2.67. The van der Waals surface area contributed by atoms with Gasteiger partial charge in [0, 0.05) is 46.4 Å². The lowest BCUT2D eigenvalue weighted by Crippen LogP contribution is -2.14. The van der Waals surface area contributed by atoms with Crippen LogP contribution in [0.4, 0.5) is 10.1 Å². The first-order valence-corrected chi connectivity index (χ1v) is 9.66. The zero-order valence-electron chi connectivity index (χ0n) is 14.2. The molecule has 5 nitrogen and oxygen atoms in total. The van der Waals surface area contributed by atoms with Gasteiger partial charge in [0.15, 0.2) is 11.6 Å². The van der Waals surface area contributed by atoms with Gasteiger partial charge in [-0.05, 0) is 36.6 Å². The molecule has 0 aliphatic heterocycles. The van der Waals surface area contributed by atoms with Crippen LogP contribution in [-0.2, 0) is 16.8 Å². The predicted molar refractivity (Wildman–Crippen MR) is 100 cm³/mol. The third-order valence-electron chi connectivity index (χ3n) is 3.88. The number of pyridine rings is 1. The largest absolute Gasteiger partial charge is 0.335 e. The van der Waals surface area contributed by atoms with Crippen LogP contribution in [0, 0.1) is 12.7 Å². The smallest absolute Gasteiger partial charge is 0.198 e. The number of ketones is 1. The number of benzene rings is 1. The number of aromatic nitrogens is 2. The Morgan fingerprint density at radius 3 is 2.76 bits per heavy atom. The summed E-state index contributed by atoms with van der Waals surface area (Å²) >= 11 is 0. The standard InChI is InChI=1S/C18H18FN3O2S/c1-11-7-8-14(21-25(3,4)24)16(19)15(11)17(23)13-10-22(2)18-12(13)6-5-9-20-18/h5-10H,3H2,1-2,4H3,(H,21,24). The molecule has 1 N–H and O–H groups in total. The van der Waals surface area contributed by atoms with Crippen molar-refractivity contribution < 1.29 is 13.4 Å². The van der Waals surface area contributed by atoms with E-state index in [9.17, 15) is 13.4 Å². The number of nitrogens with zero attached hydrogens (tertiary/aromatic N) is 2. The SMILES string of the molecule is C=S(C)(=O)Nc1ccc(C)c(C(=O)c2cn(C)c3ncccc23)c1F. The first-order chi connectivity index (χ1) is 11.7. The molecule has 0 saturated carbocycles. The number of carbonyl (C=O) groups excluding carboxylic acids is 1. The molecule has 25 heavy (non-hydrogen) atoms. The van der Waals surface area contributed by atoms with Crippen LogP contribution in [0.3, 0.4) is 0 Å². The number of hydrogen-bond acceptors (Lipinski definition) is 3. The van der Waals surface area contributed by atoms with E-state index in [1.807, 2.05) is 0 Å². The molecule has 0 spiro atoms. The molecule has 0 saturated heterocycles. The van der Waals surface area contributed by atoms with Crippen LogP contribution in [-0.4, -0.2) is 31.7 Å². The van der Waals surface area contributed by atoms with E-state index < -0.39 is 21.3 Å². The average Bonchev–Trinajstić information content (AvgIpc) is 2.87. The van der Waals surface area contributed by atoms with Crippen molar-refractivity contribution in [2.45, 2.75) is 6.92 Å². The molecule has 0 amide bonds. The molecule has 0 fully saturated rings. The van der Waals surface area contributed by atoms with Crippen molar-refractivity contribution in [3.05, 3.63) is 59.2 Å². The number of nitrogens with one attached hydrogen (secondary N) is 1. The summed E-state index contributed by atoms with van der Waals surface area (Å²) in [5.74, 6) is 2.29. The Hall–Kier alpha value is -2.67. The van der Waals surface area contributed by atoms with Gasteiger partial charge in [-0.15, -0.1) is 0 Å². The third-order valence-corrected chi connectivity index (χ3v) is 4.53. The highest BCUT2D eigenvalue weighted by molar-refractivity contribution is 8.00. The third kappa shape index (κ3) is 3.15. The number of carbonyl (C=O) groups is 1. The number of fused-ring (bicyclic) bond motifs is 1. The first kappa shape index (κ1) is 17.2. The molecular formula is C18H18FN3O2S. The number of anilines is 1. The van der Waals surface area contributed by atoms with E-state index in [2.05, 4.69) is 15.6 Å². The van der Waals surface area contributed by atoms with Crippen LogP contribution in [0.15, 0.2) is 36.7 Å². The normalized spacial score (nSPS) is 13.6. The summed E-state index contributed by atoms with van der Waals surface area (Å²) in [5.41, 5.74) is 1.46. The Bertz CT molecular complexity index is 1100. The second kappa shape index (κ2) is 6.00. The maximum absolute atomic E-state index is 14.9. The summed E-state index contributed by atoms with van der Waals surface area (Å²) in [7, 11) is -0.886. The van der Waals surface area contributed by atoms with Crippen LogP contribution in [0.25, 0.3) is 11.0 Å². The summed E-state index contributed by atoms with van der Waals surface area (Å²) < 4.78 is 31.1. The molecule has 0 radical (unpaired) electrons. The quantitative estimate of drug-likeness (QED) is 0.575. The van der Waals surface area contributed by atoms with Crippen LogP contribution in [0.1, 0.15) is 21.5 Å². The summed E-state index contributed by atoms with van der Waals surface area (Å²) in [6.45, 7) is 1.66. The van der Waals surface area contributed by atoms with Crippen LogP contribution >= 0.6 is 0 Å². The highest BCUT2D eigenvalue weighted by atomic mass is 32.2. The highest BCUT2D eigenvalue weighted by Gasteiger charge is 2.23. The monoisotopic (exact) mass is 359 g/mol. The van der Waals surface area contributed by atoms with Crippen LogP contribution in [0.5, 0.6) is 0 Å². The van der Waals surface area contributed by atoms with Gasteiger partial charge < -0.3 is 9.29 Å². The minimum absolute atomic E-state index is 0.00480. The molecule has 0 aliphatic carbocycles.